The second-order valence-electron chi connectivity index (χ2n) is 3.10. The maximum Gasteiger partial charge on any atom is 0.294 e. The zero-order chi connectivity index (χ0) is 11.5. The quantitative estimate of drug-likeness (QED) is 0.602. The fraction of sp³-hybridized carbons (Fsp3) is 0.111. The van der Waals surface area contributed by atoms with E-state index >= 15 is 0 Å². The molecule has 0 amide bonds. The summed E-state index contributed by atoms with van der Waals surface area (Å²) in [6.07, 6.45) is 1.57. The zero-order valence-corrected chi connectivity index (χ0v) is 8.28. The fourth-order valence-corrected chi connectivity index (χ4v) is 1.32. The fourth-order valence-electron chi connectivity index (χ4n) is 1.32. The molecule has 0 unspecified atom stereocenters. The number of benzene rings is 1. The van der Waals surface area contributed by atoms with Gasteiger partial charge >= 0.3 is 0 Å². The largest absolute Gasteiger partial charge is 0.325 e. The first-order valence-electron chi connectivity index (χ1n) is 4.57. The van der Waals surface area contributed by atoms with Crippen LogP contribution in [0.1, 0.15) is 5.69 Å². The molecule has 16 heavy (non-hydrogen) atoms. The topological polar surface area (TPSA) is 99.9 Å². The number of nitro groups is 1. The van der Waals surface area contributed by atoms with Crippen LogP contribution in [0.15, 0.2) is 30.5 Å². The van der Waals surface area contributed by atoms with Gasteiger partial charge < -0.3 is 5.73 Å². The lowest BCUT2D eigenvalue weighted by atomic mass is 10.3. The molecule has 0 aliphatic carbocycles. The van der Waals surface area contributed by atoms with Crippen molar-refractivity contribution in [3.05, 3.63) is 46.3 Å². The predicted octanol–water partition coefficient (Wildman–Crippen LogP) is 0.634. The number of nitro benzene ring substituents is 1. The molecule has 0 fully saturated rings. The highest BCUT2D eigenvalue weighted by Crippen LogP contribution is 2.20. The molecule has 2 aromatic rings. The van der Waals surface area contributed by atoms with Gasteiger partial charge in [-0.2, -0.15) is 0 Å². The summed E-state index contributed by atoms with van der Waals surface area (Å²) in [5.41, 5.74) is 6.33. The average molecular weight is 219 g/mol. The van der Waals surface area contributed by atoms with Crippen LogP contribution in [0.25, 0.3) is 5.69 Å². The highest BCUT2D eigenvalue weighted by molar-refractivity contribution is 5.51. The molecular formula is C9H9N5O2. The maximum atomic E-state index is 10.8. The van der Waals surface area contributed by atoms with E-state index in [0.29, 0.717) is 11.4 Å². The molecule has 0 aliphatic rings. The normalized spacial score (nSPS) is 10.3. The molecule has 0 saturated carbocycles. The van der Waals surface area contributed by atoms with Crippen LogP contribution >= 0.6 is 0 Å². The van der Waals surface area contributed by atoms with Crippen LogP contribution in [0.5, 0.6) is 0 Å². The standard InChI is InChI=1S/C9H9N5O2/c10-5-7-6-13(12-11-7)8-3-1-2-4-9(8)14(15)16/h1-4,6H,5,10H2. The van der Waals surface area contributed by atoms with Gasteiger partial charge in [0.1, 0.15) is 5.69 Å². The van der Waals surface area contributed by atoms with Gasteiger partial charge in [0.25, 0.3) is 5.69 Å². The summed E-state index contributed by atoms with van der Waals surface area (Å²) >= 11 is 0. The van der Waals surface area contributed by atoms with Crippen molar-refractivity contribution in [2.75, 3.05) is 0 Å². The summed E-state index contributed by atoms with van der Waals surface area (Å²) in [6.45, 7) is 0.251. The van der Waals surface area contributed by atoms with Crippen LogP contribution in [0, 0.1) is 10.1 Å². The first kappa shape index (κ1) is 10.2. The smallest absolute Gasteiger partial charge is 0.294 e. The Kier molecular flexibility index (Phi) is 2.61. The Balaban J connectivity index is 2.50. The van der Waals surface area contributed by atoms with Crippen LogP contribution in [0.3, 0.4) is 0 Å². The summed E-state index contributed by atoms with van der Waals surface area (Å²) in [6, 6.07) is 6.32. The molecule has 0 atom stereocenters. The Morgan fingerprint density at radius 1 is 1.44 bits per heavy atom. The maximum absolute atomic E-state index is 10.8. The third-order valence-electron chi connectivity index (χ3n) is 2.08. The highest BCUT2D eigenvalue weighted by atomic mass is 16.6. The predicted molar refractivity (Wildman–Crippen MR) is 55.9 cm³/mol. The van der Waals surface area contributed by atoms with Gasteiger partial charge in [0.2, 0.25) is 0 Å². The summed E-state index contributed by atoms with van der Waals surface area (Å²) in [4.78, 5) is 10.3. The molecule has 7 nitrogen and oxygen atoms in total. The monoisotopic (exact) mass is 219 g/mol. The SMILES string of the molecule is NCc1cn(-c2ccccc2[N+](=O)[O-])nn1. The van der Waals surface area contributed by atoms with Gasteiger partial charge in [-0.25, -0.2) is 4.68 Å². The summed E-state index contributed by atoms with van der Waals surface area (Å²) in [5, 5.41) is 18.4. The van der Waals surface area contributed by atoms with Crippen LogP contribution in [0.2, 0.25) is 0 Å². The number of hydrogen-bond donors (Lipinski definition) is 1. The van der Waals surface area contributed by atoms with E-state index in [0.717, 1.165) is 0 Å². The highest BCUT2D eigenvalue weighted by Gasteiger charge is 2.15. The molecule has 0 saturated heterocycles. The molecular weight excluding hydrogens is 210 g/mol. The van der Waals surface area contributed by atoms with Crippen molar-refractivity contribution in [3.63, 3.8) is 0 Å². The van der Waals surface area contributed by atoms with Crippen LogP contribution in [0.4, 0.5) is 5.69 Å². The summed E-state index contributed by atoms with van der Waals surface area (Å²) < 4.78 is 1.35. The third kappa shape index (κ3) is 1.75. The number of para-hydroxylation sites is 2. The van der Waals surface area contributed by atoms with E-state index in [2.05, 4.69) is 10.3 Å². The molecule has 2 N–H and O–H groups in total. The Morgan fingerprint density at radius 3 is 2.81 bits per heavy atom. The number of aromatic nitrogens is 3. The molecule has 0 bridgehead atoms. The molecule has 1 aromatic carbocycles. The molecule has 7 heteroatoms. The van der Waals surface area contributed by atoms with E-state index in [1.165, 1.54) is 10.7 Å². The van der Waals surface area contributed by atoms with Gasteiger partial charge in [-0.1, -0.05) is 17.3 Å². The van der Waals surface area contributed by atoms with Crippen molar-refractivity contribution in [2.24, 2.45) is 5.73 Å². The lowest BCUT2D eigenvalue weighted by Gasteiger charge is -2.00. The first-order chi connectivity index (χ1) is 7.72. The van der Waals surface area contributed by atoms with Crippen LogP contribution < -0.4 is 5.73 Å². The van der Waals surface area contributed by atoms with Gasteiger partial charge in [0, 0.05) is 12.6 Å². The molecule has 0 spiro atoms. The number of nitrogens with zero attached hydrogens (tertiary/aromatic N) is 4. The molecule has 0 aliphatic heterocycles. The minimum absolute atomic E-state index is 0.0176. The summed E-state index contributed by atoms with van der Waals surface area (Å²) in [7, 11) is 0. The molecule has 0 radical (unpaired) electrons. The zero-order valence-electron chi connectivity index (χ0n) is 8.28. The summed E-state index contributed by atoms with van der Waals surface area (Å²) in [5.74, 6) is 0. The molecule has 1 heterocycles. The van der Waals surface area contributed by atoms with Crippen molar-refractivity contribution in [1.82, 2.24) is 15.0 Å². The number of rotatable bonds is 3. The van der Waals surface area contributed by atoms with E-state index < -0.39 is 4.92 Å². The third-order valence-corrected chi connectivity index (χ3v) is 2.08. The minimum Gasteiger partial charge on any atom is -0.325 e. The Labute approximate surface area is 90.6 Å². The van der Waals surface area contributed by atoms with Crippen LogP contribution in [-0.2, 0) is 6.54 Å². The molecule has 82 valence electrons. The van der Waals surface area contributed by atoms with E-state index in [1.54, 1.807) is 24.4 Å². The number of nitrogens with two attached hydrogens (primary N) is 1. The van der Waals surface area contributed by atoms with Crippen LogP contribution in [-0.4, -0.2) is 19.9 Å². The van der Waals surface area contributed by atoms with E-state index in [1.807, 2.05) is 0 Å². The second kappa shape index (κ2) is 4.07. The molecule has 1 aromatic heterocycles. The Hall–Kier alpha value is -2.28. The van der Waals surface area contributed by atoms with Gasteiger partial charge in [-0.05, 0) is 6.07 Å². The van der Waals surface area contributed by atoms with Gasteiger partial charge in [-0.15, -0.1) is 5.10 Å². The van der Waals surface area contributed by atoms with Gasteiger partial charge in [-0.3, -0.25) is 10.1 Å². The van der Waals surface area contributed by atoms with Gasteiger partial charge in [0.05, 0.1) is 16.8 Å². The number of hydrogen-bond acceptors (Lipinski definition) is 5. The molecule has 2 rings (SSSR count). The van der Waals surface area contributed by atoms with E-state index in [9.17, 15) is 10.1 Å². The van der Waals surface area contributed by atoms with E-state index in [4.69, 9.17) is 5.73 Å². The average Bonchev–Trinajstić information content (AvgIpc) is 2.77. The van der Waals surface area contributed by atoms with E-state index in [-0.39, 0.29) is 12.2 Å². The van der Waals surface area contributed by atoms with Gasteiger partial charge in [0.15, 0.2) is 0 Å². The lowest BCUT2D eigenvalue weighted by Crippen LogP contribution is -2.00. The van der Waals surface area contributed by atoms with Crippen molar-refractivity contribution in [1.29, 1.82) is 0 Å². The van der Waals surface area contributed by atoms with Crippen molar-refractivity contribution in [3.8, 4) is 5.69 Å². The van der Waals surface area contributed by atoms with Crippen molar-refractivity contribution < 1.29 is 4.92 Å². The lowest BCUT2D eigenvalue weighted by molar-refractivity contribution is -0.384. The minimum atomic E-state index is -0.459. The van der Waals surface area contributed by atoms with Crippen molar-refractivity contribution >= 4 is 5.69 Å². The Bertz CT molecular complexity index is 522. The Morgan fingerprint density at radius 2 is 2.19 bits per heavy atom. The first-order valence-corrected chi connectivity index (χ1v) is 4.57. The van der Waals surface area contributed by atoms with Crippen molar-refractivity contribution in [2.45, 2.75) is 6.54 Å². The second-order valence-corrected chi connectivity index (χ2v) is 3.10.